The molecule has 1 heteroatoms. The smallest absolute Gasteiger partial charge is 0.0538 e. The zero-order valence-corrected chi connectivity index (χ0v) is 30.9. The van der Waals surface area contributed by atoms with Crippen LogP contribution in [0.1, 0.15) is 60.2 Å². The first kappa shape index (κ1) is 31.4. The molecule has 1 aromatic heterocycles. The van der Waals surface area contributed by atoms with Crippen molar-refractivity contribution in [3.63, 3.8) is 0 Å². The zero-order chi connectivity index (χ0) is 36.0. The van der Waals surface area contributed by atoms with Crippen molar-refractivity contribution in [2.45, 2.75) is 44.9 Å². The molecule has 0 unspecified atom stereocenters. The minimum Gasteiger partial charge on any atom is -0.313 e. The van der Waals surface area contributed by atoms with Crippen LogP contribution in [0.2, 0.25) is 0 Å². The molecule has 0 radical (unpaired) electrons. The molecule has 0 atom stereocenters. The fraction of sp³-hybridized carbons (Fsp3) is 0.132. The standard InChI is InChI=1S/C53H41N/c1-53(2)47-22-12-10-16-39(47)40-30-26-37(33-48(40)53)36-27-31-50-46(32-36)41-17-11-13-23-49(41)54(50)38-28-24-35(25-29-38)52-44-20-8-6-18-42(44)51(34-14-4-3-5-15-34)43-19-7-9-21-45(43)52/h3-8,10-12,14-20,22,24-33H,9,13,21,23H2,1-2H3. The van der Waals surface area contributed by atoms with E-state index in [2.05, 4.69) is 182 Å². The number of hydrogen-bond acceptors (Lipinski definition) is 0. The Kier molecular flexibility index (Phi) is 6.92. The molecule has 0 amide bonds. The largest absolute Gasteiger partial charge is 0.313 e. The Bertz CT molecular complexity index is 2880. The lowest BCUT2D eigenvalue weighted by Crippen LogP contribution is -2.14. The monoisotopic (exact) mass is 691 g/mol. The maximum absolute atomic E-state index is 2.53. The number of fused-ring (bicyclic) bond motifs is 8. The minimum atomic E-state index is -0.0182. The van der Waals surface area contributed by atoms with Gasteiger partial charge in [-0.2, -0.15) is 0 Å². The molecule has 0 aliphatic heterocycles. The Morgan fingerprint density at radius 3 is 1.94 bits per heavy atom. The van der Waals surface area contributed by atoms with Gasteiger partial charge >= 0.3 is 0 Å². The fourth-order valence-electron chi connectivity index (χ4n) is 9.99. The maximum Gasteiger partial charge on any atom is 0.0538 e. The van der Waals surface area contributed by atoms with E-state index in [0.717, 1.165) is 25.7 Å². The molecular weight excluding hydrogens is 651 g/mol. The second-order valence-corrected chi connectivity index (χ2v) is 15.8. The Balaban J connectivity index is 1.03. The molecule has 0 bridgehead atoms. The Morgan fingerprint density at radius 1 is 0.481 bits per heavy atom. The van der Waals surface area contributed by atoms with Gasteiger partial charge in [0, 0.05) is 27.7 Å². The molecule has 0 saturated heterocycles. The summed E-state index contributed by atoms with van der Waals surface area (Å²) in [7, 11) is 0. The minimum absolute atomic E-state index is 0.0182. The van der Waals surface area contributed by atoms with Crippen molar-refractivity contribution in [1.82, 2.24) is 4.57 Å². The lowest BCUT2D eigenvalue weighted by atomic mass is 9.80. The summed E-state index contributed by atoms with van der Waals surface area (Å²) < 4.78 is 2.53. The number of allylic oxidation sites excluding steroid dienone is 2. The summed E-state index contributed by atoms with van der Waals surface area (Å²) in [6.07, 6.45) is 13.6. The first-order chi connectivity index (χ1) is 26.6. The molecule has 3 aliphatic carbocycles. The summed E-state index contributed by atoms with van der Waals surface area (Å²) >= 11 is 0. The van der Waals surface area contributed by atoms with Crippen molar-refractivity contribution >= 4 is 33.8 Å². The van der Waals surface area contributed by atoms with Gasteiger partial charge in [-0.05, 0) is 134 Å². The van der Waals surface area contributed by atoms with Crippen LogP contribution in [0.4, 0.5) is 0 Å². The van der Waals surface area contributed by atoms with Gasteiger partial charge in [0.25, 0.3) is 0 Å². The van der Waals surface area contributed by atoms with Gasteiger partial charge in [0.05, 0.1) is 5.52 Å². The van der Waals surface area contributed by atoms with Gasteiger partial charge < -0.3 is 4.57 Å². The van der Waals surface area contributed by atoms with Crippen LogP contribution in [-0.2, 0) is 18.3 Å². The van der Waals surface area contributed by atoms with Gasteiger partial charge in [0.15, 0.2) is 0 Å². The topological polar surface area (TPSA) is 4.93 Å². The summed E-state index contributed by atoms with van der Waals surface area (Å²) in [6, 6.07) is 52.5. The third-order valence-corrected chi connectivity index (χ3v) is 12.5. The van der Waals surface area contributed by atoms with Crippen LogP contribution in [0.25, 0.3) is 84.0 Å². The van der Waals surface area contributed by atoms with Crippen LogP contribution >= 0.6 is 0 Å². The van der Waals surface area contributed by atoms with Crippen LogP contribution in [0.5, 0.6) is 0 Å². The average molecular weight is 692 g/mol. The highest BCUT2D eigenvalue weighted by molar-refractivity contribution is 6.10. The van der Waals surface area contributed by atoms with Crippen LogP contribution in [0.3, 0.4) is 0 Å². The second-order valence-electron chi connectivity index (χ2n) is 15.8. The average Bonchev–Trinajstić information content (AvgIpc) is 3.68. The lowest BCUT2D eigenvalue weighted by molar-refractivity contribution is 0.660. The van der Waals surface area contributed by atoms with Crippen molar-refractivity contribution in [3.05, 3.63) is 185 Å². The van der Waals surface area contributed by atoms with E-state index in [9.17, 15) is 0 Å². The van der Waals surface area contributed by atoms with E-state index in [4.69, 9.17) is 0 Å². The number of hydrogen-bond donors (Lipinski definition) is 0. The normalized spacial score (nSPS) is 14.9. The van der Waals surface area contributed by atoms with E-state index in [1.165, 1.54) is 105 Å². The van der Waals surface area contributed by atoms with Crippen LogP contribution in [0, 0.1) is 0 Å². The van der Waals surface area contributed by atoms with Crippen LogP contribution in [-0.4, -0.2) is 4.57 Å². The van der Waals surface area contributed by atoms with Crippen molar-refractivity contribution in [3.8, 4) is 50.2 Å². The van der Waals surface area contributed by atoms with Crippen molar-refractivity contribution in [2.24, 2.45) is 0 Å². The molecule has 3 aliphatic rings. The van der Waals surface area contributed by atoms with Crippen molar-refractivity contribution in [1.29, 1.82) is 0 Å². The van der Waals surface area contributed by atoms with E-state index in [1.807, 2.05) is 0 Å². The third kappa shape index (κ3) is 4.58. The number of nitrogens with zero attached hydrogens (tertiary/aromatic N) is 1. The molecule has 11 rings (SSSR count). The molecular formula is C53H41N. The predicted octanol–water partition coefficient (Wildman–Crippen LogP) is 14.0. The molecule has 0 saturated carbocycles. The molecule has 54 heavy (non-hydrogen) atoms. The summed E-state index contributed by atoms with van der Waals surface area (Å²) in [6.45, 7) is 4.73. The Morgan fingerprint density at radius 2 is 1.11 bits per heavy atom. The summed E-state index contributed by atoms with van der Waals surface area (Å²) in [5.74, 6) is 0. The molecule has 1 heterocycles. The number of benzene rings is 7. The highest BCUT2D eigenvalue weighted by atomic mass is 15.0. The van der Waals surface area contributed by atoms with Crippen LogP contribution < -0.4 is 0 Å². The van der Waals surface area contributed by atoms with Gasteiger partial charge in [0.1, 0.15) is 0 Å². The van der Waals surface area contributed by atoms with Crippen molar-refractivity contribution in [2.75, 3.05) is 0 Å². The van der Waals surface area contributed by atoms with Gasteiger partial charge in [-0.15, -0.1) is 0 Å². The van der Waals surface area contributed by atoms with E-state index >= 15 is 0 Å². The summed E-state index contributed by atoms with van der Waals surface area (Å²) in [5.41, 5.74) is 21.5. The van der Waals surface area contributed by atoms with E-state index in [0.29, 0.717) is 0 Å². The van der Waals surface area contributed by atoms with E-state index in [1.54, 1.807) is 0 Å². The summed E-state index contributed by atoms with van der Waals surface area (Å²) in [4.78, 5) is 0. The molecule has 0 spiro atoms. The molecule has 0 fully saturated rings. The van der Waals surface area contributed by atoms with E-state index < -0.39 is 0 Å². The summed E-state index contributed by atoms with van der Waals surface area (Å²) in [5, 5.41) is 3.98. The predicted molar refractivity (Wildman–Crippen MR) is 229 cm³/mol. The maximum atomic E-state index is 2.53. The van der Waals surface area contributed by atoms with Crippen LogP contribution in [0.15, 0.2) is 152 Å². The second kappa shape index (κ2) is 11.9. The van der Waals surface area contributed by atoms with Gasteiger partial charge in [-0.25, -0.2) is 0 Å². The lowest BCUT2D eigenvalue weighted by Gasteiger charge is -2.24. The molecule has 258 valence electrons. The quantitative estimate of drug-likeness (QED) is 0.173. The number of rotatable bonds is 4. The molecule has 0 N–H and O–H groups in total. The third-order valence-electron chi connectivity index (χ3n) is 12.5. The zero-order valence-electron chi connectivity index (χ0n) is 30.9. The van der Waals surface area contributed by atoms with Crippen molar-refractivity contribution < 1.29 is 0 Å². The SMILES string of the molecule is CC1(C)c2ccccc2-c2ccc(-c3ccc4c(c3)c3c(n4-c4ccc(-c5c6c(c(-c7ccccc7)c7ccccc57)C=CCC6)cc4)CCC=C3)cc21. The Labute approximate surface area is 317 Å². The van der Waals surface area contributed by atoms with E-state index in [-0.39, 0.29) is 5.41 Å². The number of aromatic nitrogens is 1. The van der Waals surface area contributed by atoms with Gasteiger partial charge in [0.2, 0.25) is 0 Å². The first-order valence-electron chi connectivity index (χ1n) is 19.6. The Hall–Kier alpha value is -6.18. The molecule has 1 nitrogen and oxygen atoms in total. The molecule has 8 aromatic rings. The highest BCUT2D eigenvalue weighted by Gasteiger charge is 2.35. The molecule has 7 aromatic carbocycles. The fourth-order valence-corrected chi connectivity index (χ4v) is 9.99. The highest BCUT2D eigenvalue weighted by Crippen LogP contribution is 2.50. The van der Waals surface area contributed by atoms with Gasteiger partial charge in [-0.3, -0.25) is 0 Å². The first-order valence-corrected chi connectivity index (χ1v) is 19.6. The van der Waals surface area contributed by atoms with Gasteiger partial charge in [-0.1, -0.05) is 147 Å².